The van der Waals surface area contributed by atoms with Crippen molar-refractivity contribution in [1.29, 1.82) is 0 Å². The molecule has 114 valence electrons. The van der Waals surface area contributed by atoms with Crippen LogP contribution < -0.4 is 10.0 Å². The van der Waals surface area contributed by atoms with Gasteiger partial charge in [-0.1, -0.05) is 6.07 Å². The molecular weight excluding hydrogens is 310 g/mol. The van der Waals surface area contributed by atoms with Crippen molar-refractivity contribution in [3.05, 3.63) is 35.8 Å². The highest BCUT2D eigenvalue weighted by molar-refractivity contribution is 7.94. The van der Waals surface area contributed by atoms with E-state index in [0.717, 1.165) is 18.7 Å². The summed E-state index contributed by atoms with van der Waals surface area (Å²) in [7, 11) is -1.88. The number of methoxy groups -OCH3 is 1. The van der Waals surface area contributed by atoms with E-state index in [1.165, 1.54) is 11.3 Å². The number of anilines is 2. The maximum atomic E-state index is 12.0. The molecule has 0 saturated carbocycles. The maximum Gasteiger partial charge on any atom is 0.272 e. The zero-order valence-corrected chi connectivity index (χ0v) is 13.2. The van der Waals surface area contributed by atoms with Crippen LogP contribution in [0.5, 0.6) is 0 Å². The zero-order chi connectivity index (χ0) is 15.1. The van der Waals surface area contributed by atoms with E-state index in [4.69, 9.17) is 4.74 Å². The van der Waals surface area contributed by atoms with Gasteiger partial charge in [-0.25, -0.2) is 13.4 Å². The standard InChI is InChI=1S/C13H17N3O3S2/c1-19-8-3-7-14-11-5-6-12(15-10-11)16-21(17,18)13-4-2-9-20-13/h2,4-6,9-10,14H,3,7-8H2,1H3,(H,15,16). The molecule has 0 aliphatic heterocycles. The Bertz CT molecular complexity index is 640. The van der Waals surface area contributed by atoms with Crippen molar-refractivity contribution in [3.63, 3.8) is 0 Å². The van der Waals surface area contributed by atoms with Crippen LogP contribution in [0.4, 0.5) is 11.5 Å². The van der Waals surface area contributed by atoms with E-state index in [2.05, 4.69) is 15.0 Å². The number of rotatable bonds is 8. The molecule has 0 atom stereocenters. The zero-order valence-electron chi connectivity index (χ0n) is 11.6. The number of ether oxygens (including phenoxy) is 1. The predicted octanol–water partition coefficient (Wildman–Crippen LogP) is 2.39. The van der Waals surface area contributed by atoms with Crippen LogP contribution in [0.3, 0.4) is 0 Å². The van der Waals surface area contributed by atoms with Gasteiger partial charge in [-0.3, -0.25) is 4.72 Å². The summed E-state index contributed by atoms with van der Waals surface area (Å²) in [6.07, 6.45) is 2.49. The molecule has 21 heavy (non-hydrogen) atoms. The van der Waals surface area contributed by atoms with E-state index in [-0.39, 0.29) is 4.21 Å². The molecule has 0 radical (unpaired) electrons. The molecule has 0 aliphatic carbocycles. The molecule has 2 rings (SSSR count). The molecule has 0 aliphatic rings. The summed E-state index contributed by atoms with van der Waals surface area (Å²) in [6, 6.07) is 6.66. The average Bonchev–Trinajstić information content (AvgIpc) is 3.00. The molecule has 0 fully saturated rings. The van der Waals surface area contributed by atoms with E-state index in [0.29, 0.717) is 12.4 Å². The number of pyridine rings is 1. The number of nitrogens with zero attached hydrogens (tertiary/aromatic N) is 1. The van der Waals surface area contributed by atoms with Crippen molar-refractivity contribution in [2.75, 3.05) is 30.3 Å². The lowest BCUT2D eigenvalue weighted by atomic mass is 10.4. The molecule has 2 heterocycles. The maximum absolute atomic E-state index is 12.0. The van der Waals surface area contributed by atoms with Crippen LogP contribution in [-0.4, -0.2) is 33.7 Å². The Morgan fingerprint density at radius 2 is 2.19 bits per heavy atom. The Labute approximate surface area is 128 Å². The average molecular weight is 327 g/mol. The van der Waals surface area contributed by atoms with Gasteiger partial charge in [0.15, 0.2) is 0 Å². The van der Waals surface area contributed by atoms with Crippen LogP contribution in [-0.2, 0) is 14.8 Å². The van der Waals surface area contributed by atoms with E-state index >= 15 is 0 Å². The summed E-state index contributed by atoms with van der Waals surface area (Å²) < 4.78 is 31.7. The van der Waals surface area contributed by atoms with Gasteiger partial charge in [0, 0.05) is 20.3 Å². The van der Waals surface area contributed by atoms with Gasteiger partial charge in [0.25, 0.3) is 10.0 Å². The SMILES string of the molecule is COCCCNc1ccc(NS(=O)(=O)c2cccs2)nc1. The Hall–Kier alpha value is -1.64. The van der Waals surface area contributed by atoms with Gasteiger partial charge >= 0.3 is 0 Å². The summed E-state index contributed by atoms with van der Waals surface area (Å²) in [5.74, 6) is 0.297. The topological polar surface area (TPSA) is 80.3 Å². The van der Waals surface area contributed by atoms with Gasteiger partial charge in [-0.05, 0) is 30.0 Å². The first-order valence-corrected chi connectivity index (χ1v) is 8.73. The number of nitrogens with one attached hydrogen (secondary N) is 2. The molecule has 2 N–H and O–H groups in total. The van der Waals surface area contributed by atoms with Crippen molar-refractivity contribution >= 4 is 32.9 Å². The normalized spacial score (nSPS) is 11.3. The smallest absolute Gasteiger partial charge is 0.272 e. The molecule has 6 nitrogen and oxygen atoms in total. The molecule has 0 unspecified atom stereocenters. The van der Waals surface area contributed by atoms with Gasteiger partial charge in [0.1, 0.15) is 10.0 Å². The van der Waals surface area contributed by atoms with Crippen LogP contribution in [0.2, 0.25) is 0 Å². The highest BCUT2D eigenvalue weighted by Crippen LogP contribution is 2.19. The summed E-state index contributed by atoms with van der Waals surface area (Å²) >= 11 is 1.17. The first-order chi connectivity index (χ1) is 10.1. The van der Waals surface area contributed by atoms with Crippen molar-refractivity contribution in [2.24, 2.45) is 0 Å². The number of sulfonamides is 1. The van der Waals surface area contributed by atoms with Crippen molar-refractivity contribution in [2.45, 2.75) is 10.6 Å². The second-order valence-corrected chi connectivity index (χ2v) is 7.10. The first-order valence-electron chi connectivity index (χ1n) is 6.37. The van der Waals surface area contributed by atoms with Gasteiger partial charge in [0.05, 0.1) is 11.9 Å². The Kier molecular flexibility index (Phi) is 5.54. The number of aromatic nitrogens is 1. The number of thiophene rings is 1. The third-order valence-electron chi connectivity index (χ3n) is 2.62. The fraction of sp³-hybridized carbons (Fsp3) is 0.308. The quantitative estimate of drug-likeness (QED) is 0.728. The van der Waals surface area contributed by atoms with Crippen molar-refractivity contribution in [1.82, 2.24) is 4.98 Å². The lowest BCUT2D eigenvalue weighted by molar-refractivity contribution is 0.198. The third kappa shape index (κ3) is 4.69. The van der Waals surface area contributed by atoms with Crippen LogP contribution in [0, 0.1) is 0 Å². The minimum Gasteiger partial charge on any atom is -0.385 e. The third-order valence-corrected chi connectivity index (χ3v) is 5.37. The van der Waals surface area contributed by atoms with Crippen molar-refractivity contribution in [3.8, 4) is 0 Å². The molecule has 0 amide bonds. The highest BCUT2D eigenvalue weighted by atomic mass is 32.2. The molecule has 0 aromatic carbocycles. The monoisotopic (exact) mass is 327 g/mol. The fourth-order valence-corrected chi connectivity index (χ4v) is 3.61. The lowest BCUT2D eigenvalue weighted by Gasteiger charge is -2.08. The first kappa shape index (κ1) is 15.7. The number of hydrogen-bond acceptors (Lipinski definition) is 6. The minimum atomic E-state index is -3.54. The number of hydrogen-bond donors (Lipinski definition) is 2. The molecule has 0 saturated heterocycles. The Balaban J connectivity index is 1.93. The molecule has 2 aromatic heterocycles. The second-order valence-electron chi connectivity index (χ2n) is 4.24. The van der Waals surface area contributed by atoms with E-state index in [1.807, 2.05) is 0 Å². The van der Waals surface area contributed by atoms with Crippen LogP contribution in [0.15, 0.2) is 40.1 Å². The van der Waals surface area contributed by atoms with Crippen molar-refractivity contribution < 1.29 is 13.2 Å². The molecule has 0 bridgehead atoms. The Morgan fingerprint density at radius 1 is 1.33 bits per heavy atom. The predicted molar refractivity (Wildman–Crippen MR) is 84.3 cm³/mol. The summed E-state index contributed by atoms with van der Waals surface area (Å²) in [4.78, 5) is 4.09. The van der Waals surface area contributed by atoms with Gasteiger partial charge in [-0.2, -0.15) is 0 Å². The highest BCUT2D eigenvalue weighted by Gasteiger charge is 2.15. The fourth-order valence-electron chi connectivity index (χ4n) is 1.61. The molecular formula is C13H17N3O3S2. The van der Waals surface area contributed by atoms with E-state index in [1.54, 1.807) is 43.0 Å². The van der Waals surface area contributed by atoms with Gasteiger partial charge in [-0.15, -0.1) is 11.3 Å². The van der Waals surface area contributed by atoms with Crippen LogP contribution in [0.25, 0.3) is 0 Å². The molecule has 0 spiro atoms. The Morgan fingerprint density at radius 3 is 2.81 bits per heavy atom. The molecule has 8 heteroatoms. The van der Waals surface area contributed by atoms with Crippen LogP contribution in [0.1, 0.15) is 6.42 Å². The minimum absolute atomic E-state index is 0.270. The molecule has 2 aromatic rings. The van der Waals surface area contributed by atoms with Gasteiger partial charge < -0.3 is 10.1 Å². The van der Waals surface area contributed by atoms with Gasteiger partial charge in [0.2, 0.25) is 0 Å². The summed E-state index contributed by atoms with van der Waals surface area (Å²) in [5.41, 5.74) is 0.838. The second kappa shape index (κ2) is 7.39. The summed E-state index contributed by atoms with van der Waals surface area (Å²) in [6.45, 7) is 1.47. The van der Waals surface area contributed by atoms with E-state index < -0.39 is 10.0 Å². The van der Waals surface area contributed by atoms with Crippen LogP contribution >= 0.6 is 11.3 Å². The largest absolute Gasteiger partial charge is 0.385 e. The van der Waals surface area contributed by atoms with E-state index in [9.17, 15) is 8.42 Å². The lowest BCUT2D eigenvalue weighted by Crippen LogP contribution is -2.12. The summed E-state index contributed by atoms with van der Waals surface area (Å²) in [5, 5.41) is 4.90.